The first kappa shape index (κ1) is 14.3. The molecular formula is C17H20N2O. The number of pyridine rings is 1. The fraction of sp³-hybridized carbons (Fsp3) is 0.294. The fourth-order valence-corrected chi connectivity index (χ4v) is 2.18. The van der Waals surface area contributed by atoms with E-state index < -0.39 is 0 Å². The molecule has 0 saturated heterocycles. The Kier molecular flexibility index (Phi) is 4.51. The summed E-state index contributed by atoms with van der Waals surface area (Å²) in [6, 6.07) is 14.1. The minimum atomic E-state index is 0.146. The Labute approximate surface area is 120 Å². The SMILES string of the molecule is CCC(=O)c1ccc(N(C)Cc2ccccc2)nc1C. The summed E-state index contributed by atoms with van der Waals surface area (Å²) in [4.78, 5) is 18.4. The Bertz CT molecular complexity index is 593. The molecule has 0 bridgehead atoms. The van der Waals surface area contributed by atoms with Gasteiger partial charge in [-0.3, -0.25) is 4.79 Å². The van der Waals surface area contributed by atoms with Gasteiger partial charge < -0.3 is 4.90 Å². The van der Waals surface area contributed by atoms with Crippen molar-refractivity contribution in [3.63, 3.8) is 0 Å². The van der Waals surface area contributed by atoms with E-state index in [1.54, 1.807) is 0 Å². The topological polar surface area (TPSA) is 33.2 Å². The second kappa shape index (κ2) is 6.33. The molecule has 0 spiro atoms. The first-order valence-corrected chi connectivity index (χ1v) is 6.87. The van der Waals surface area contributed by atoms with Gasteiger partial charge in [0.2, 0.25) is 0 Å². The van der Waals surface area contributed by atoms with Gasteiger partial charge in [0.15, 0.2) is 5.78 Å². The number of aromatic nitrogens is 1. The van der Waals surface area contributed by atoms with Gasteiger partial charge in [0.1, 0.15) is 5.82 Å². The first-order chi connectivity index (χ1) is 9.61. The molecule has 1 aromatic heterocycles. The van der Waals surface area contributed by atoms with Crippen LogP contribution in [0.2, 0.25) is 0 Å². The zero-order valence-electron chi connectivity index (χ0n) is 12.3. The quantitative estimate of drug-likeness (QED) is 0.776. The zero-order valence-corrected chi connectivity index (χ0v) is 12.3. The molecule has 0 aliphatic carbocycles. The van der Waals surface area contributed by atoms with E-state index in [1.807, 2.05) is 51.2 Å². The summed E-state index contributed by atoms with van der Waals surface area (Å²) in [5.41, 5.74) is 2.77. The number of hydrogen-bond donors (Lipinski definition) is 0. The van der Waals surface area contributed by atoms with Gasteiger partial charge in [0.05, 0.1) is 5.69 Å². The lowest BCUT2D eigenvalue weighted by atomic mass is 10.1. The van der Waals surface area contributed by atoms with Crippen molar-refractivity contribution in [3.05, 3.63) is 59.3 Å². The number of anilines is 1. The van der Waals surface area contributed by atoms with Crippen molar-refractivity contribution >= 4 is 11.6 Å². The molecule has 0 radical (unpaired) electrons. The number of carbonyl (C=O) groups is 1. The van der Waals surface area contributed by atoms with Crippen LogP contribution in [0.25, 0.3) is 0 Å². The predicted octanol–water partition coefficient (Wildman–Crippen LogP) is 3.62. The number of aryl methyl sites for hydroxylation is 1. The standard InChI is InChI=1S/C17H20N2O/c1-4-16(20)15-10-11-17(18-13(15)2)19(3)12-14-8-6-5-7-9-14/h5-11H,4,12H2,1-3H3. The average Bonchev–Trinajstić information content (AvgIpc) is 2.47. The average molecular weight is 268 g/mol. The van der Waals surface area contributed by atoms with E-state index >= 15 is 0 Å². The molecule has 0 amide bonds. The largest absolute Gasteiger partial charge is 0.355 e. The second-order valence-corrected chi connectivity index (χ2v) is 4.92. The van der Waals surface area contributed by atoms with E-state index in [-0.39, 0.29) is 5.78 Å². The molecule has 0 fully saturated rings. The molecule has 0 aliphatic heterocycles. The maximum atomic E-state index is 11.8. The summed E-state index contributed by atoms with van der Waals surface area (Å²) in [7, 11) is 2.01. The van der Waals surface area contributed by atoms with Crippen molar-refractivity contribution in [2.45, 2.75) is 26.8 Å². The number of nitrogens with zero attached hydrogens (tertiary/aromatic N) is 2. The van der Waals surface area contributed by atoms with Gasteiger partial charge in [-0.25, -0.2) is 4.98 Å². The van der Waals surface area contributed by atoms with Crippen LogP contribution in [0, 0.1) is 6.92 Å². The molecule has 20 heavy (non-hydrogen) atoms. The van der Waals surface area contributed by atoms with Crippen LogP contribution in [0.3, 0.4) is 0 Å². The van der Waals surface area contributed by atoms with Crippen molar-refractivity contribution in [3.8, 4) is 0 Å². The second-order valence-electron chi connectivity index (χ2n) is 4.92. The first-order valence-electron chi connectivity index (χ1n) is 6.87. The van der Waals surface area contributed by atoms with Gasteiger partial charge >= 0.3 is 0 Å². The van der Waals surface area contributed by atoms with Crippen LogP contribution in [0.5, 0.6) is 0 Å². The summed E-state index contributed by atoms with van der Waals surface area (Å²) >= 11 is 0. The third kappa shape index (κ3) is 3.23. The molecule has 2 aromatic rings. The molecule has 1 aromatic carbocycles. The molecule has 1 heterocycles. The molecule has 0 N–H and O–H groups in total. The fourth-order valence-electron chi connectivity index (χ4n) is 2.18. The maximum absolute atomic E-state index is 11.8. The number of benzene rings is 1. The molecule has 2 rings (SSSR count). The number of hydrogen-bond acceptors (Lipinski definition) is 3. The van der Waals surface area contributed by atoms with Gasteiger partial charge in [-0.2, -0.15) is 0 Å². The van der Waals surface area contributed by atoms with Crippen molar-refractivity contribution in [1.82, 2.24) is 4.98 Å². The Hall–Kier alpha value is -2.16. The summed E-state index contributed by atoms with van der Waals surface area (Å²) in [6.45, 7) is 4.56. The van der Waals surface area contributed by atoms with E-state index in [0.717, 1.165) is 23.6 Å². The molecule has 0 aliphatic rings. The summed E-state index contributed by atoms with van der Waals surface area (Å²) in [5, 5.41) is 0. The number of Topliss-reactive ketones (excluding diaryl/α,β-unsaturated/α-hetero) is 1. The highest BCUT2D eigenvalue weighted by Crippen LogP contribution is 2.17. The zero-order chi connectivity index (χ0) is 14.5. The highest BCUT2D eigenvalue weighted by atomic mass is 16.1. The molecule has 0 unspecified atom stereocenters. The van der Waals surface area contributed by atoms with Crippen LogP contribution >= 0.6 is 0 Å². The lowest BCUT2D eigenvalue weighted by Crippen LogP contribution is -2.18. The van der Waals surface area contributed by atoms with Crippen molar-refractivity contribution in [1.29, 1.82) is 0 Å². The minimum Gasteiger partial charge on any atom is -0.355 e. The van der Waals surface area contributed by atoms with Crippen LogP contribution in [0.1, 0.15) is 35.0 Å². The number of ketones is 1. The predicted molar refractivity (Wildman–Crippen MR) is 82.1 cm³/mol. The van der Waals surface area contributed by atoms with Crippen LogP contribution in [-0.4, -0.2) is 17.8 Å². The highest BCUT2D eigenvalue weighted by molar-refractivity contribution is 5.96. The Balaban J connectivity index is 2.17. The van der Waals surface area contributed by atoms with E-state index in [9.17, 15) is 4.79 Å². The van der Waals surface area contributed by atoms with E-state index in [4.69, 9.17) is 0 Å². The van der Waals surface area contributed by atoms with Gasteiger partial charge in [0.25, 0.3) is 0 Å². The van der Waals surface area contributed by atoms with Crippen LogP contribution in [0.4, 0.5) is 5.82 Å². The molecule has 3 nitrogen and oxygen atoms in total. The van der Waals surface area contributed by atoms with Gasteiger partial charge in [-0.15, -0.1) is 0 Å². The minimum absolute atomic E-state index is 0.146. The molecule has 0 atom stereocenters. The molecule has 3 heteroatoms. The summed E-state index contributed by atoms with van der Waals surface area (Å²) in [5.74, 6) is 1.03. The van der Waals surface area contributed by atoms with Crippen molar-refractivity contribution in [2.24, 2.45) is 0 Å². The van der Waals surface area contributed by atoms with Gasteiger partial charge in [-0.1, -0.05) is 37.3 Å². The van der Waals surface area contributed by atoms with Crippen LogP contribution < -0.4 is 4.90 Å². The number of carbonyl (C=O) groups excluding carboxylic acids is 1. The van der Waals surface area contributed by atoms with Crippen molar-refractivity contribution < 1.29 is 4.79 Å². The van der Waals surface area contributed by atoms with E-state index in [2.05, 4.69) is 22.0 Å². The molecule has 104 valence electrons. The maximum Gasteiger partial charge on any atom is 0.164 e. The van der Waals surface area contributed by atoms with Crippen LogP contribution in [-0.2, 0) is 6.54 Å². The lowest BCUT2D eigenvalue weighted by molar-refractivity contribution is 0.0987. The smallest absolute Gasteiger partial charge is 0.164 e. The van der Waals surface area contributed by atoms with Gasteiger partial charge in [-0.05, 0) is 24.6 Å². The summed E-state index contributed by atoms with van der Waals surface area (Å²) in [6.07, 6.45) is 0.516. The normalized spacial score (nSPS) is 10.3. The molecular weight excluding hydrogens is 248 g/mol. The Morgan fingerprint density at radius 1 is 1.15 bits per heavy atom. The van der Waals surface area contributed by atoms with E-state index in [1.165, 1.54) is 5.56 Å². The Morgan fingerprint density at radius 2 is 1.85 bits per heavy atom. The third-order valence-electron chi connectivity index (χ3n) is 3.35. The lowest BCUT2D eigenvalue weighted by Gasteiger charge is -2.19. The van der Waals surface area contributed by atoms with Crippen molar-refractivity contribution in [2.75, 3.05) is 11.9 Å². The summed E-state index contributed by atoms with van der Waals surface area (Å²) < 4.78 is 0. The van der Waals surface area contributed by atoms with E-state index in [0.29, 0.717) is 6.42 Å². The molecule has 0 saturated carbocycles. The highest BCUT2D eigenvalue weighted by Gasteiger charge is 2.10. The third-order valence-corrected chi connectivity index (χ3v) is 3.35. The number of rotatable bonds is 5. The Morgan fingerprint density at radius 3 is 2.45 bits per heavy atom. The monoisotopic (exact) mass is 268 g/mol. The van der Waals surface area contributed by atoms with Gasteiger partial charge in [0, 0.05) is 25.6 Å². The van der Waals surface area contributed by atoms with Crippen LogP contribution in [0.15, 0.2) is 42.5 Å².